The minimum Gasteiger partial charge on any atom is -0.493 e. The molecule has 0 fully saturated rings. The fourth-order valence-corrected chi connectivity index (χ4v) is 2.76. The van der Waals surface area contributed by atoms with Gasteiger partial charge >= 0.3 is 6.18 Å². The smallest absolute Gasteiger partial charge is 0.416 e. The third-order valence-electron chi connectivity index (χ3n) is 4.39. The van der Waals surface area contributed by atoms with Gasteiger partial charge in [-0.05, 0) is 41.3 Å². The van der Waals surface area contributed by atoms with Crippen molar-refractivity contribution in [2.75, 3.05) is 13.7 Å². The molecule has 0 saturated heterocycles. The lowest BCUT2D eigenvalue weighted by Gasteiger charge is -2.14. The van der Waals surface area contributed by atoms with Crippen molar-refractivity contribution >= 4 is 11.8 Å². The number of hydrogen-bond acceptors (Lipinski definition) is 4. The molecule has 0 aromatic heterocycles. The molecule has 2 aromatic carbocycles. The van der Waals surface area contributed by atoms with Crippen molar-refractivity contribution in [1.82, 2.24) is 5.32 Å². The van der Waals surface area contributed by atoms with E-state index >= 15 is 0 Å². The van der Waals surface area contributed by atoms with Crippen LogP contribution in [0, 0.1) is 0 Å². The number of benzene rings is 2. The third-order valence-corrected chi connectivity index (χ3v) is 4.39. The molecule has 0 aliphatic rings. The van der Waals surface area contributed by atoms with Crippen molar-refractivity contribution in [3.05, 3.63) is 59.2 Å². The van der Waals surface area contributed by atoms with Gasteiger partial charge in [0.05, 0.1) is 12.7 Å². The molecular formula is C21H23F3N2O4. The Hall–Kier alpha value is -3.23. The van der Waals surface area contributed by atoms with Crippen LogP contribution < -0.4 is 20.5 Å². The van der Waals surface area contributed by atoms with Crippen LogP contribution in [0.1, 0.15) is 36.0 Å². The lowest BCUT2D eigenvalue weighted by atomic mass is 9.96. The summed E-state index contributed by atoms with van der Waals surface area (Å²) in [6.07, 6.45) is -4.26. The van der Waals surface area contributed by atoms with Crippen LogP contribution in [0.3, 0.4) is 0 Å². The van der Waals surface area contributed by atoms with Gasteiger partial charge in [-0.3, -0.25) is 9.59 Å². The molecule has 0 heterocycles. The highest BCUT2D eigenvalue weighted by Gasteiger charge is 2.30. The van der Waals surface area contributed by atoms with Crippen LogP contribution in [0.2, 0.25) is 0 Å². The Kier molecular flexibility index (Phi) is 7.68. The van der Waals surface area contributed by atoms with Crippen molar-refractivity contribution in [2.45, 2.75) is 32.0 Å². The number of carbonyl (C=O) groups is 2. The first kappa shape index (κ1) is 23.1. The van der Waals surface area contributed by atoms with E-state index in [-0.39, 0.29) is 31.4 Å². The van der Waals surface area contributed by atoms with E-state index in [1.165, 1.54) is 19.2 Å². The Morgan fingerprint density at radius 1 is 1.10 bits per heavy atom. The van der Waals surface area contributed by atoms with Crippen LogP contribution >= 0.6 is 0 Å². The number of ether oxygens (including phenoxy) is 2. The van der Waals surface area contributed by atoms with Crippen LogP contribution in [-0.2, 0) is 22.3 Å². The summed E-state index contributed by atoms with van der Waals surface area (Å²) in [5, 5.41) is 2.77. The third kappa shape index (κ3) is 6.68. The summed E-state index contributed by atoms with van der Waals surface area (Å²) in [6.45, 7) is 1.72. The molecule has 0 aliphatic heterocycles. The molecule has 2 amide bonds. The van der Waals surface area contributed by atoms with Gasteiger partial charge in [0.15, 0.2) is 18.1 Å². The molecule has 2 rings (SSSR count). The number of primary amides is 1. The number of rotatable bonds is 9. The quantitative estimate of drug-likeness (QED) is 0.646. The van der Waals surface area contributed by atoms with Crippen LogP contribution in [-0.4, -0.2) is 25.5 Å². The van der Waals surface area contributed by atoms with Gasteiger partial charge in [0, 0.05) is 13.0 Å². The second-order valence-electron chi connectivity index (χ2n) is 6.74. The Morgan fingerprint density at radius 3 is 2.33 bits per heavy atom. The highest BCUT2D eigenvalue weighted by Crippen LogP contribution is 2.31. The number of methoxy groups -OCH3 is 1. The predicted molar refractivity (Wildman–Crippen MR) is 104 cm³/mol. The number of hydrogen-bond donors (Lipinski definition) is 2. The maximum atomic E-state index is 12.6. The second kappa shape index (κ2) is 10.00. The molecule has 9 heteroatoms. The van der Waals surface area contributed by atoms with Crippen molar-refractivity contribution in [3.8, 4) is 11.5 Å². The highest BCUT2D eigenvalue weighted by atomic mass is 19.4. The number of nitrogens with one attached hydrogen (secondary N) is 1. The largest absolute Gasteiger partial charge is 0.493 e. The first-order valence-electron chi connectivity index (χ1n) is 9.12. The minimum atomic E-state index is -4.39. The first-order chi connectivity index (χ1) is 14.1. The molecule has 0 saturated carbocycles. The van der Waals surface area contributed by atoms with Crippen molar-refractivity contribution in [1.29, 1.82) is 0 Å². The Labute approximate surface area is 172 Å². The summed E-state index contributed by atoms with van der Waals surface area (Å²) in [6, 6.07) is 9.77. The number of alkyl halides is 3. The number of amides is 2. The van der Waals surface area contributed by atoms with Crippen molar-refractivity contribution in [3.63, 3.8) is 0 Å². The fraction of sp³-hybridized carbons (Fsp3) is 0.333. The SMILES string of the molecule is COc1cc(CNC(=O)CC(C)c2ccc(C(F)(F)F)cc2)ccc1OCC(N)=O. The molecule has 162 valence electrons. The van der Waals surface area contributed by atoms with Crippen LogP contribution in [0.5, 0.6) is 11.5 Å². The van der Waals surface area contributed by atoms with Gasteiger partial charge in [-0.1, -0.05) is 25.1 Å². The van der Waals surface area contributed by atoms with E-state index in [9.17, 15) is 22.8 Å². The standard InChI is InChI=1S/C21H23F3N2O4/c1-13(15-4-6-16(7-5-15)21(22,23)24)9-20(28)26-11-14-3-8-17(18(10-14)29-2)30-12-19(25)27/h3-8,10,13H,9,11-12H2,1-2H3,(H2,25,27)(H,26,28). The molecule has 1 atom stereocenters. The van der Waals surface area contributed by atoms with Gasteiger partial charge in [-0.2, -0.15) is 13.2 Å². The van der Waals surface area contributed by atoms with Crippen molar-refractivity contribution in [2.24, 2.45) is 5.73 Å². The molecular weight excluding hydrogens is 401 g/mol. The summed E-state index contributed by atoms with van der Waals surface area (Å²) in [4.78, 5) is 23.1. The lowest BCUT2D eigenvalue weighted by Crippen LogP contribution is -2.24. The highest BCUT2D eigenvalue weighted by molar-refractivity contribution is 5.77. The predicted octanol–water partition coefficient (Wildman–Crippen LogP) is 3.39. The van der Waals surface area contributed by atoms with Gasteiger partial charge < -0.3 is 20.5 Å². The zero-order chi connectivity index (χ0) is 22.3. The summed E-state index contributed by atoms with van der Waals surface area (Å²) < 4.78 is 48.4. The maximum Gasteiger partial charge on any atom is 0.416 e. The van der Waals surface area contributed by atoms with E-state index in [1.807, 2.05) is 0 Å². The zero-order valence-corrected chi connectivity index (χ0v) is 16.6. The molecule has 6 nitrogen and oxygen atoms in total. The number of nitrogens with two attached hydrogens (primary N) is 1. The second-order valence-corrected chi connectivity index (χ2v) is 6.74. The van der Waals surface area contributed by atoms with Gasteiger partial charge in [0.2, 0.25) is 5.91 Å². The lowest BCUT2D eigenvalue weighted by molar-refractivity contribution is -0.137. The average Bonchev–Trinajstić information content (AvgIpc) is 2.70. The van der Waals surface area contributed by atoms with Gasteiger partial charge in [0.1, 0.15) is 0 Å². The van der Waals surface area contributed by atoms with E-state index in [2.05, 4.69) is 5.32 Å². The Bertz CT molecular complexity index is 883. The van der Waals surface area contributed by atoms with E-state index in [1.54, 1.807) is 25.1 Å². The number of carbonyl (C=O) groups excluding carboxylic acids is 2. The summed E-state index contributed by atoms with van der Waals surface area (Å²) in [7, 11) is 1.45. The van der Waals surface area contributed by atoms with Gasteiger partial charge in [-0.15, -0.1) is 0 Å². The van der Waals surface area contributed by atoms with E-state index in [4.69, 9.17) is 15.2 Å². The number of halogens is 3. The first-order valence-corrected chi connectivity index (χ1v) is 9.12. The van der Waals surface area contributed by atoms with Crippen LogP contribution in [0.25, 0.3) is 0 Å². The zero-order valence-electron chi connectivity index (χ0n) is 16.6. The van der Waals surface area contributed by atoms with E-state index in [0.29, 0.717) is 17.1 Å². The van der Waals surface area contributed by atoms with Gasteiger partial charge in [-0.25, -0.2) is 0 Å². The maximum absolute atomic E-state index is 12.6. The molecule has 0 bridgehead atoms. The fourth-order valence-electron chi connectivity index (χ4n) is 2.76. The van der Waals surface area contributed by atoms with E-state index < -0.39 is 17.6 Å². The molecule has 3 N–H and O–H groups in total. The summed E-state index contributed by atoms with van der Waals surface area (Å²) in [5.74, 6) is -0.360. The van der Waals surface area contributed by atoms with E-state index in [0.717, 1.165) is 17.7 Å². The molecule has 0 spiro atoms. The van der Waals surface area contributed by atoms with Gasteiger partial charge in [0.25, 0.3) is 5.91 Å². The Balaban J connectivity index is 1.91. The average molecular weight is 424 g/mol. The minimum absolute atomic E-state index is 0.127. The Morgan fingerprint density at radius 2 is 1.77 bits per heavy atom. The summed E-state index contributed by atoms with van der Waals surface area (Å²) in [5.41, 5.74) is 5.72. The normalized spacial score (nSPS) is 12.2. The molecule has 0 radical (unpaired) electrons. The topological polar surface area (TPSA) is 90.7 Å². The molecule has 30 heavy (non-hydrogen) atoms. The molecule has 2 aromatic rings. The molecule has 0 aliphatic carbocycles. The van der Waals surface area contributed by atoms with Crippen LogP contribution in [0.15, 0.2) is 42.5 Å². The monoisotopic (exact) mass is 424 g/mol. The van der Waals surface area contributed by atoms with Crippen LogP contribution in [0.4, 0.5) is 13.2 Å². The summed E-state index contributed by atoms with van der Waals surface area (Å²) >= 11 is 0. The molecule has 1 unspecified atom stereocenters. The van der Waals surface area contributed by atoms with Crippen molar-refractivity contribution < 1.29 is 32.2 Å².